The Bertz CT molecular complexity index is 1480. The van der Waals surface area contributed by atoms with Gasteiger partial charge in [-0.1, -0.05) is 29.5 Å². The molecule has 0 radical (unpaired) electrons. The van der Waals surface area contributed by atoms with E-state index in [9.17, 15) is 19.5 Å². The van der Waals surface area contributed by atoms with Crippen LogP contribution in [-0.4, -0.2) is 40.5 Å². The van der Waals surface area contributed by atoms with Crippen molar-refractivity contribution in [1.82, 2.24) is 4.98 Å². The van der Waals surface area contributed by atoms with Crippen molar-refractivity contribution in [1.29, 1.82) is 0 Å². The van der Waals surface area contributed by atoms with E-state index >= 15 is 4.39 Å². The number of aliphatic hydroxyl groups excluding tert-OH is 1. The van der Waals surface area contributed by atoms with Crippen LogP contribution in [0.1, 0.15) is 51.9 Å². The van der Waals surface area contributed by atoms with Gasteiger partial charge in [-0.15, -0.1) is 0 Å². The average Bonchev–Trinajstić information content (AvgIpc) is 3.51. The predicted molar refractivity (Wildman–Crippen MR) is 134 cm³/mol. The first-order valence-electron chi connectivity index (χ1n) is 11.7. The molecule has 2 aliphatic heterocycles. The molecule has 0 bridgehead atoms. The van der Waals surface area contributed by atoms with Crippen molar-refractivity contribution in [3.8, 4) is 5.75 Å². The number of rotatable bonds is 5. The number of aliphatic hydroxyl groups is 1. The maximum Gasteiger partial charge on any atom is 0.350 e. The maximum absolute atomic E-state index is 15.1. The maximum atomic E-state index is 15.1. The van der Waals surface area contributed by atoms with Crippen molar-refractivity contribution in [2.24, 2.45) is 0 Å². The quantitative estimate of drug-likeness (QED) is 0.224. The van der Waals surface area contributed by atoms with Crippen LogP contribution >= 0.6 is 11.3 Å². The first-order valence-corrected chi connectivity index (χ1v) is 12.5. The van der Waals surface area contributed by atoms with Gasteiger partial charge in [-0.3, -0.25) is 14.5 Å². The Hall–Kier alpha value is -4.05. The summed E-state index contributed by atoms with van der Waals surface area (Å²) in [4.78, 5) is 44.6. The number of hydrogen-bond acceptors (Lipinski definition) is 8. The van der Waals surface area contributed by atoms with E-state index < -0.39 is 35.3 Å². The number of anilines is 1. The Morgan fingerprint density at radius 2 is 2.03 bits per heavy atom. The molecule has 8 nitrogen and oxygen atoms in total. The number of amides is 1. The van der Waals surface area contributed by atoms with E-state index in [1.165, 1.54) is 18.2 Å². The summed E-state index contributed by atoms with van der Waals surface area (Å²) in [5.41, 5.74) is 1.20. The standard InChI is InChI=1S/C27H23FN2O6S/c1-4-35-26(34)24-14(3)29-27(37-24)30-21(17-7-5-6-8-18(17)28)20(23(32)25(30)33)22(31)15-9-10-19-16(12-15)11-13(2)36-19/h5-10,12-13,21,31H,4,11H2,1-3H3/b22-20+/t13-,21-/m1/s1. The zero-order valence-corrected chi connectivity index (χ0v) is 21.1. The number of thiazole rings is 1. The van der Waals surface area contributed by atoms with E-state index in [0.29, 0.717) is 23.4 Å². The third-order valence-corrected chi connectivity index (χ3v) is 7.40. The lowest BCUT2D eigenvalue weighted by Gasteiger charge is -2.23. The fourth-order valence-electron chi connectivity index (χ4n) is 4.62. The van der Waals surface area contributed by atoms with E-state index in [1.807, 2.05) is 6.92 Å². The van der Waals surface area contributed by atoms with Gasteiger partial charge in [0.15, 0.2) is 5.13 Å². The molecule has 0 spiro atoms. The van der Waals surface area contributed by atoms with Gasteiger partial charge in [0.2, 0.25) is 0 Å². The molecule has 37 heavy (non-hydrogen) atoms. The van der Waals surface area contributed by atoms with E-state index in [4.69, 9.17) is 9.47 Å². The van der Waals surface area contributed by atoms with Crippen molar-refractivity contribution in [3.63, 3.8) is 0 Å². The molecule has 1 fully saturated rings. The van der Waals surface area contributed by atoms with Gasteiger partial charge in [-0.2, -0.15) is 0 Å². The molecule has 5 rings (SSSR count). The predicted octanol–water partition coefficient (Wildman–Crippen LogP) is 4.72. The smallest absolute Gasteiger partial charge is 0.350 e. The number of ether oxygens (including phenoxy) is 2. The fraction of sp³-hybridized carbons (Fsp3) is 0.259. The fourth-order valence-corrected chi connectivity index (χ4v) is 5.60. The lowest BCUT2D eigenvalue weighted by molar-refractivity contribution is -0.132. The number of fused-ring (bicyclic) bond motifs is 1. The molecule has 10 heteroatoms. The SMILES string of the molecule is CCOC(=O)c1sc(N2C(=O)C(=O)/C(=C(/O)c3ccc4c(c3)C[C@@H](C)O4)[C@H]2c2ccccc2F)nc1C. The molecule has 1 amide bonds. The normalized spacial score (nSPS) is 20.2. The van der Waals surface area contributed by atoms with E-state index in [2.05, 4.69) is 4.98 Å². The first-order chi connectivity index (χ1) is 17.7. The summed E-state index contributed by atoms with van der Waals surface area (Å²) in [6.45, 7) is 5.31. The van der Waals surface area contributed by atoms with Gasteiger partial charge in [0.1, 0.15) is 34.3 Å². The number of nitrogens with zero attached hydrogens (tertiary/aromatic N) is 2. The summed E-state index contributed by atoms with van der Waals surface area (Å²) in [6.07, 6.45) is 0.592. The molecule has 1 N–H and O–H groups in total. The molecule has 0 unspecified atom stereocenters. The molecule has 2 aromatic carbocycles. The summed E-state index contributed by atoms with van der Waals surface area (Å²) >= 11 is 0.865. The highest BCUT2D eigenvalue weighted by atomic mass is 32.1. The van der Waals surface area contributed by atoms with Gasteiger partial charge in [0.25, 0.3) is 5.78 Å². The molecule has 2 aliphatic rings. The molecule has 1 aromatic heterocycles. The van der Waals surface area contributed by atoms with Crippen LogP contribution in [0.2, 0.25) is 0 Å². The highest BCUT2D eigenvalue weighted by Crippen LogP contribution is 2.45. The summed E-state index contributed by atoms with van der Waals surface area (Å²) in [7, 11) is 0. The Morgan fingerprint density at radius 1 is 1.27 bits per heavy atom. The summed E-state index contributed by atoms with van der Waals surface area (Å²) in [5, 5.41) is 11.4. The van der Waals surface area contributed by atoms with Gasteiger partial charge in [-0.25, -0.2) is 14.2 Å². The number of esters is 1. The molecule has 0 aliphatic carbocycles. The highest BCUT2D eigenvalue weighted by molar-refractivity contribution is 7.17. The Kier molecular flexibility index (Phi) is 6.28. The van der Waals surface area contributed by atoms with Crippen LogP contribution in [-0.2, 0) is 20.7 Å². The van der Waals surface area contributed by atoms with Gasteiger partial charge in [0, 0.05) is 17.5 Å². The van der Waals surface area contributed by atoms with Crippen LogP contribution in [0.4, 0.5) is 9.52 Å². The third kappa shape index (κ3) is 4.17. The molecule has 3 heterocycles. The molecular formula is C27H23FN2O6S. The Balaban J connectivity index is 1.68. The number of carbonyl (C=O) groups excluding carboxylic acids is 3. The zero-order chi connectivity index (χ0) is 26.4. The number of aryl methyl sites for hydroxylation is 1. The topological polar surface area (TPSA) is 106 Å². The number of benzene rings is 2. The van der Waals surface area contributed by atoms with E-state index in [1.54, 1.807) is 38.1 Å². The number of halogens is 1. The number of aromatic nitrogens is 1. The number of Topliss-reactive ketones (excluding diaryl/α,β-unsaturated/α-hetero) is 1. The Labute approximate surface area is 216 Å². The zero-order valence-electron chi connectivity index (χ0n) is 20.3. The third-order valence-electron chi connectivity index (χ3n) is 6.27. The van der Waals surface area contributed by atoms with Crippen molar-refractivity contribution >= 4 is 39.9 Å². The van der Waals surface area contributed by atoms with Gasteiger partial charge < -0.3 is 14.6 Å². The molecular weight excluding hydrogens is 499 g/mol. The lowest BCUT2D eigenvalue weighted by atomic mass is 9.94. The van der Waals surface area contributed by atoms with Crippen LogP contribution in [0.3, 0.4) is 0 Å². The lowest BCUT2D eigenvalue weighted by Crippen LogP contribution is -2.29. The van der Waals surface area contributed by atoms with Crippen LogP contribution in [0.15, 0.2) is 48.0 Å². The molecule has 1 saturated heterocycles. The number of carbonyl (C=O) groups is 3. The minimum Gasteiger partial charge on any atom is -0.507 e. The largest absolute Gasteiger partial charge is 0.507 e. The molecule has 3 aromatic rings. The second-order valence-corrected chi connectivity index (χ2v) is 9.75. The highest BCUT2D eigenvalue weighted by Gasteiger charge is 2.49. The van der Waals surface area contributed by atoms with Crippen molar-refractivity contribution in [2.45, 2.75) is 39.3 Å². The summed E-state index contributed by atoms with van der Waals surface area (Å²) in [6, 6.07) is 9.39. The first kappa shape index (κ1) is 24.6. The minimum atomic E-state index is -1.30. The average molecular weight is 523 g/mol. The van der Waals surface area contributed by atoms with Gasteiger partial charge >= 0.3 is 11.9 Å². The van der Waals surface area contributed by atoms with Crippen molar-refractivity contribution < 1.29 is 33.4 Å². The summed E-state index contributed by atoms with van der Waals surface area (Å²) in [5.74, 6) is -3.01. The van der Waals surface area contributed by atoms with E-state index in [0.717, 1.165) is 21.8 Å². The van der Waals surface area contributed by atoms with Crippen molar-refractivity contribution in [2.75, 3.05) is 11.5 Å². The van der Waals surface area contributed by atoms with Crippen LogP contribution in [0, 0.1) is 12.7 Å². The molecule has 0 saturated carbocycles. The van der Waals surface area contributed by atoms with Crippen LogP contribution in [0.5, 0.6) is 5.75 Å². The van der Waals surface area contributed by atoms with E-state index in [-0.39, 0.29) is 33.9 Å². The van der Waals surface area contributed by atoms with Crippen molar-refractivity contribution in [3.05, 3.63) is 81.1 Å². The number of ketones is 1. The number of hydrogen-bond donors (Lipinski definition) is 1. The van der Waals surface area contributed by atoms with Gasteiger partial charge in [-0.05, 0) is 50.6 Å². The minimum absolute atomic E-state index is 0.00639. The molecule has 2 atom stereocenters. The molecule has 190 valence electrons. The van der Waals surface area contributed by atoms with Crippen LogP contribution in [0.25, 0.3) is 5.76 Å². The van der Waals surface area contributed by atoms with Gasteiger partial charge in [0.05, 0.1) is 17.9 Å². The Morgan fingerprint density at radius 3 is 2.76 bits per heavy atom. The van der Waals surface area contributed by atoms with Crippen LogP contribution < -0.4 is 9.64 Å². The second-order valence-electron chi connectivity index (χ2n) is 8.78. The summed E-state index contributed by atoms with van der Waals surface area (Å²) < 4.78 is 25.9. The second kappa shape index (κ2) is 9.44. The monoisotopic (exact) mass is 522 g/mol.